The van der Waals surface area contributed by atoms with Gasteiger partial charge in [-0.1, -0.05) is 0 Å². The zero-order valence-corrected chi connectivity index (χ0v) is 10.2. The Morgan fingerprint density at radius 3 is 2.84 bits per heavy atom. The average molecular weight is 254 g/mol. The largest absolute Gasteiger partial charge is 0.496 e. The van der Waals surface area contributed by atoms with Crippen molar-refractivity contribution in [3.05, 3.63) is 36.0 Å². The summed E-state index contributed by atoms with van der Waals surface area (Å²) in [5.41, 5.74) is 1.77. The van der Waals surface area contributed by atoms with E-state index in [9.17, 15) is 0 Å². The summed E-state index contributed by atoms with van der Waals surface area (Å²) < 4.78 is 16.0. The minimum atomic E-state index is 0.190. The molecule has 19 heavy (non-hydrogen) atoms. The zero-order valence-electron chi connectivity index (χ0n) is 10.2. The predicted molar refractivity (Wildman–Crippen MR) is 67.1 cm³/mol. The van der Waals surface area contributed by atoms with Crippen LogP contribution in [0.15, 0.2) is 30.5 Å². The number of aromatic nitrogens is 1. The Morgan fingerprint density at radius 1 is 1.32 bits per heavy atom. The van der Waals surface area contributed by atoms with E-state index >= 15 is 0 Å². The van der Waals surface area contributed by atoms with Gasteiger partial charge in [-0.05, 0) is 18.2 Å². The summed E-state index contributed by atoms with van der Waals surface area (Å²) in [4.78, 5) is 4.25. The van der Waals surface area contributed by atoms with Crippen LogP contribution in [-0.4, -0.2) is 18.9 Å². The number of nitrogens with zero attached hydrogens (tertiary/aromatic N) is 2. The van der Waals surface area contributed by atoms with E-state index in [0.717, 1.165) is 0 Å². The summed E-state index contributed by atoms with van der Waals surface area (Å²) in [6.07, 6.45) is 1.64. The van der Waals surface area contributed by atoms with E-state index in [2.05, 4.69) is 11.1 Å². The highest BCUT2D eigenvalue weighted by Gasteiger charge is 2.20. The van der Waals surface area contributed by atoms with E-state index in [1.54, 1.807) is 37.6 Å². The van der Waals surface area contributed by atoms with Gasteiger partial charge in [0.25, 0.3) is 0 Å². The van der Waals surface area contributed by atoms with Crippen LogP contribution >= 0.6 is 0 Å². The topological polar surface area (TPSA) is 64.4 Å². The lowest BCUT2D eigenvalue weighted by atomic mass is 10.0. The van der Waals surface area contributed by atoms with Gasteiger partial charge in [0.1, 0.15) is 11.8 Å². The molecule has 1 aliphatic rings. The lowest BCUT2D eigenvalue weighted by Crippen LogP contribution is -1.93. The van der Waals surface area contributed by atoms with Gasteiger partial charge >= 0.3 is 0 Å². The quantitative estimate of drug-likeness (QED) is 0.823. The molecule has 0 aliphatic carbocycles. The van der Waals surface area contributed by atoms with Crippen LogP contribution in [0.25, 0.3) is 11.3 Å². The first-order valence-corrected chi connectivity index (χ1v) is 5.66. The van der Waals surface area contributed by atoms with Gasteiger partial charge in [-0.15, -0.1) is 0 Å². The second-order valence-corrected chi connectivity index (χ2v) is 3.92. The van der Waals surface area contributed by atoms with Gasteiger partial charge < -0.3 is 14.2 Å². The van der Waals surface area contributed by atoms with Crippen molar-refractivity contribution in [1.82, 2.24) is 4.98 Å². The van der Waals surface area contributed by atoms with Crippen LogP contribution in [0.3, 0.4) is 0 Å². The van der Waals surface area contributed by atoms with Crippen molar-refractivity contribution < 1.29 is 14.2 Å². The average Bonchev–Trinajstić information content (AvgIpc) is 2.93. The molecule has 1 aromatic heterocycles. The van der Waals surface area contributed by atoms with E-state index in [4.69, 9.17) is 19.5 Å². The van der Waals surface area contributed by atoms with Crippen LogP contribution in [0.1, 0.15) is 5.56 Å². The summed E-state index contributed by atoms with van der Waals surface area (Å²) in [6, 6.07) is 9.09. The molecule has 0 bridgehead atoms. The first kappa shape index (κ1) is 11.4. The Morgan fingerprint density at radius 2 is 2.11 bits per heavy atom. The number of pyridine rings is 1. The van der Waals surface area contributed by atoms with E-state index in [-0.39, 0.29) is 6.79 Å². The maximum atomic E-state index is 9.15. The molecular weight excluding hydrogens is 244 g/mol. The third-order valence-electron chi connectivity index (χ3n) is 2.88. The highest BCUT2D eigenvalue weighted by atomic mass is 16.7. The van der Waals surface area contributed by atoms with Gasteiger partial charge in [0.15, 0.2) is 11.5 Å². The molecule has 2 heterocycles. The smallest absolute Gasteiger partial charge is 0.231 e. The fourth-order valence-electron chi connectivity index (χ4n) is 1.99. The van der Waals surface area contributed by atoms with Crippen LogP contribution in [-0.2, 0) is 0 Å². The van der Waals surface area contributed by atoms with Crippen molar-refractivity contribution in [2.24, 2.45) is 0 Å². The molecule has 0 fully saturated rings. The van der Waals surface area contributed by atoms with Gasteiger partial charge in [-0.25, -0.2) is 0 Å². The second-order valence-electron chi connectivity index (χ2n) is 3.92. The summed E-state index contributed by atoms with van der Waals surface area (Å²) in [7, 11) is 1.57. The number of fused-ring (bicyclic) bond motifs is 1. The van der Waals surface area contributed by atoms with Gasteiger partial charge in [-0.2, -0.15) is 5.26 Å². The molecule has 2 aromatic rings. The minimum Gasteiger partial charge on any atom is -0.496 e. The molecule has 0 N–H and O–H groups in total. The fraction of sp³-hybridized carbons (Fsp3) is 0.143. The molecule has 0 spiro atoms. The Balaban J connectivity index is 2.22. The lowest BCUT2D eigenvalue weighted by molar-refractivity contribution is 0.174. The van der Waals surface area contributed by atoms with Crippen LogP contribution in [0.4, 0.5) is 0 Å². The summed E-state index contributed by atoms with van der Waals surface area (Å²) >= 11 is 0. The van der Waals surface area contributed by atoms with Gasteiger partial charge in [-0.3, -0.25) is 4.98 Å². The van der Waals surface area contributed by atoms with Gasteiger partial charge in [0.2, 0.25) is 6.79 Å². The molecule has 94 valence electrons. The molecule has 5 nitrogen and oxygen atoms in total. The van der Waals surface area contributed by atoms with Gasteiger partial charge in [0.05, 0.1) is 18.4 Å². The highest BCUT2D eigenvalue weighted by Crippen LogP contribution is 2.42. The van der Waals surface area contributed by atoms with Crippen LogP contribution < -0.4 is 14.2 Å². The maximum Gasteiger partial charge on any atom is 0.231 e. The Bertz CT molecular complexity index is 677. The van der Waals surface area contributed by atoms with Crippen molar-refractivity contribution >= 4 is 0 Å². The second kappa shape index (κ2) is 4.50. The number of hydrogen-bond acceptors (Lipinski definition) is 5. The molecule has 0 amide bonds. The first-order chi connectivity index (χ1) is 9.33. The molecule has 0 saturated carbocycles. The molecular formula is C14H10N2O3. The van der Waals surface area contributed by atoms with Crippen molar-refractivity contribution in [1.29, 1.82) is 5.26 Å². The van der Waals surface area contributed by atoms with Crippen molar-refractivity contribution in [2.45, 2.75) is 0 Å². The van der Waals surface area contributed by atoms with E-state index in [1.165, 1.54) is 0 Å². The van der Waals surface area contributed by atoms with Crippen molar-refractivity contribution in [2.75, 3.05) is 13.9 Å². The molecule has 1 aliphatic heterocycles. The third-order valence-corrected chi connectivity index (χ3v) is 2.88. The van der Waals surface area contributed by atoms with Crippen LogP contribution in [0.5, 0.6) is 17.2 Å². The summed E-state index contributed by atoms with van der Waals surface area (Å²) in [6.45, 7) is 0.190. The molecule has 0 radical (unpaired) electrons. The molecule has 5 heteroatoms. The van der Waals surface area contributed by atoms with Crippen LogP contribution in [0.2, 0.25) is 0 Å². The summed E-state index contributed by atoms with van der Waals surface area (Å²) in [5.74, 6) is 1.86. The standard InChI is InChI=1S/C14H10N2O3/c1-17-11-6-13-12(18-8-19-13)5-10(11)14-9(7-15)3-2-4-16-14/h2-6H,8H2,1H3. The van der Waals surface area contributed by atoms with Crippen LogP contribution in [0, 0.1) is 11.3 Å². The normalized spacial score (nSPS) is 12.0. The first-order valence-electron chi connectivity index (χ1n) is 5.66. The third kappa shape index (κ3) is 1.83. The predicted octanol–water partition coefficient (Wildman–Crippen LogP) is 2.36. The fourth-order valence-corrected chi connectivity index (χ4v) is 1.99. The molecule has 0 unspecified atom stereocenters. The lowest BCUT2D eigenvalue weighted by Gasteiger charge is -2.10. The number of hydrogen-bond donors (Lipinski definition) is 0. The SMILES string of the molecule is COc1cc2c(cc1-c1ncccc1C#N)OCO2. The highest BCUT2D eigenvalue weighted by molar-refractivity contribution is 5.75. The van der Waals surface area contributed by atoms with Gasteiger partial charge in [0, 0.05) is 17.8 Å². The monoisotopic (exact) mass is 254 g/mol. The number of ether oxygens (including phenoxy) is 3. The molecule has 3 rings (SSSR count). The molecule has 0 saturated heterocycles. The number of benzene rings is 1. The maximum absolute atomic E-state index is 9.15. The van der Waals surface area contributed by atoms with E-state index in [1.807, 2.05) is 0 Å². The zero-order chi connectivity index (χ0) is 13.2. The Kier molecular flexibility index (Phi) is 2.69. The van der Waals surface area contributed by atoms with Crippen molar-refractivity contribution in [3.63, 3.8) is 0 Å². The Hall–Kier alpha value is -2.74. The molecule has 0 atom stereocenters. The number of nitriles is 1. The number of methoxy groups -OCH3 is 1. The van der Waals surface area contributed by atoms with E-state index < -0.39 is 0 Å². The van der Waals surface area contributed by atoms with E-state index in [0.29, 0.717) is 34.1 Å². The van der Waals surface area contributed by atoms with Crippen molar-refractivity contribution in [3.8, 4) is 34.6 Å². The molecule has 1 aromatic carbocycles. The Labute approximate surface area is 110 Å². The summed E-state index contributed by atoms with van der Waals surface area (Å²) in [5, 5.41) is 9.15. The minimum absolute atomic E-state index is 0.190. The number of rotatable bonds is 2.